The molecular weight excluding hydrogens is 238 g/mol. The fourth-order valence-corrected chi connectivity index (χ4v) is 1.71. The molecular formula is C16H31NO2. The Balaban J connectivity index is 0.00000154. The molecule has 0 saturated heterocycles. The molecule has 1 rings (SSSR count). The maximum atomic E-state index is 5.65. The standard InChI is InChI=1S/C14H25NO2.C2H6/c1-3-13-5-7-14(8-6-13)17-12-10-15-9-11-16-4-2;1-2/h5,7-8,13,15H,3-4,6,9-12H2,1-2H3;1-2H3. The van der Waals surface area contributed by atoms with E-state index in [1.54, 1.807) is 0 Å². The molecule has 0 radical (unpaired) electrons. The van der Waals surface area contributed by atoms with Crippen molar-refractivity contribution in [3.8, 4) is 0 Å². The van der Waals surface area contributed by atoms with Gasteiger partial charge in [0.05, 0.1) is 6.61 Å². The Hall–Kier alpha value is -0.800. The van der Waals surface area contributed by atoms with Gasteiger partial charge >= 0.3 is 0 Å². The third-order valence-electron chi connectivity index (χ3n) is 2.85. The molecule has 112 valence electrons. The number of hydrogen-bond acceptors (Lipinski definition) is 3. The Morgan fingerprint density at radius 2 is 1.95 bits per heavy atom. The van der Waals surface area contributed by atoms with E-state index in [4.69, 9.17) is 9.47 Å². The second-order valence-electron chi connectivity index (χ2n) is 4.17. The number of ether oxygens (including phenoxy) is 2. The van der Waals surface area contributed by atoms with Gasteiger partial charge in [-0.1, -0.05) is 26.8 Å². The average molecular weight is 269 g/mol. The second kappa shape index (κ2) is 13.6. The molecule has 1 N–H and O–H groups in total. The highest BCUT2D eigenvalue weighted by Crippen LogP contribution is 2.19. The molecule has 19 heavy (non-hydrogen) atoms. The first-order chi connectivity index (χ1) is 9.36. The van der Waals surface area contributed by atoms with Crippen LogP contribution in [0.5, 0.6) is 0 Å². The third-order valence-corrected chi connectivity index (χ3v) is 2.85. The van der Waals surface area contributed by atoms with Crippen molar-refractivity contribution in [3.05, 3.63) is 24.0 Å². The van der Waals surface area contributed by atoms with Crippen molar-refractivity contribution in [1.29, 1.82) is 0 Å². The molecule has 0 aliphatic heterocycles. The molecule has 3 heteroatoms. The average Bonchev–Trinajstić information content (AvgIpc) is 2.49. The van der Waals surface area contributed by atoms with Gasteiger partial charge in [-0.2, -0.15) is 0 Å². The summed E-state index contributed by atoms with van der Waals surface area (Å²) in [5.41, 5.74) is 0. The van der Waals surface area contributed by atoms with Crippen molar-refractivity contribution in [2.24, 2.45) is 5.92 Å². The van der Waals surface area contributed by atoms with E-state index in [0.717, 1.165) is 45.1 Å². The van der Waals surface area contributed by atoms with Gasteiger partial charge in [-0.15, -0.1) is 0 Å². The van der Waals surface area contributed by atoms with Gasteiger partial charge in [0, 0.05) is 19.7 Å². The normalized spacial score (nSPS) is 17.5. The zero-order valence-electron chi connectivity index (χ0n) is 13.1. The van der Waals surface area contributed by atoms with Crippen molar-refractivity contribution in [1.82, 2.24) is 5.32 Å². The topological polar surface area (TPSA) is 30.5 Å². The summed E-state index contributed by atoms with van der Waals surface area (Å²) < 4.78 is 10.9. The largest absolute Gasteiger partial charge is 0.493 e. The van der Waals surface area contributed by atoms with Crippen molar-refractivity contribution in [2.75, 3.05) is 32.9 Å². The van der Waals surface area contributed by atoms with Gasteiger partial charge in [-0.25, -0.2) is 0 Å². The van der Waals surface area contributed by atoms with Crippen LogP contribution in [0.4, 0.5) is 0 Å². The van der Waals surface area contributed by atoms with Crippen LogP contribution in [0.1, 0.15) is 40.5 Å². The summed E-state index contributed by atoms with van der Waals surface area (Å²) in [6.45, 7) is 12.3. The summed E-state index contributed by atoms with van der Waals surface area (Å²) in [6, 6.07) is 0. The van der Waals surface area contributed by atoms with Gasteiger partial charge in [-0.3, -0.25) is 0 Å². The fraction of sp³-hybridized carbons (Fsp3) is 0.750. The maximum Gasteiger partial charge on any atom is 0.115 e. The van der Waals surface area contributed by atoms with Gasteiger partial charge in [0.15, 0.2) is 0 Å². The molecule has 1 atom stereocenters. The number of hydrogen-bond donors (Lipinski definition) is 1. The summed E-state index contributed by atoms with van der Waals surface area (Å²) >= 11 is 0. The molecule has 0 spiro atoms. The lowest BCUT2D eigenvalue weighted by atomic mass is 9.98. The van der Waals surface area contributed by atoms with Crippen molar-refractivity contribution in [2.45, 2.75) is 40.5 Å². The van der Waals surface area contributed by atoms with E-state index in [0.29, 0.717) is 5.92 Å². The zero-order chi connectivity index (χ0) is 14.3. The molecule has 0 heterocycles. The highest BCUT2D eigenvalue weighted by molar-refractivity contribution is 5.18. The Morgan fingerprint density at radius 1 is 1.21 bits per heavy atom. The molecule has 0 aromatic carbocycles. The Bertz CT molecular complexity index is 249. The monoisotopic (exact) mass is 269 g/mol. The van der Waals surface area contributed by atoms with E-state index in [1.807, 2.05) is 20.8 Å². The zero-order valence-corrected chi connectivity index (χ0v) is 13.1. The lowest BCUT2D eigenvalue weighted by Crippen LogP contribution is -2.24. The van der Waals surface area contributed by atoms with Crippen molar-refractivity contribution >= 4 is 0 Å². The SMILES string of the molecule is CC.CCOCCNCCOC1=CCC(CC)C=C1. The molecule has 0 bridgehead atoms. The summed E-state index contributed by atoms with van der Waals surface area (Å²) in [4.78, 5) is 0. The van der Waals surface area contributed by atoms with E-state index in [2.05, 4.69) is 30.5 Å². The lowest BCUT2D eigenvalue weighted by Gasteiger charge is -2.15. The van der Waals surface area contributed by atoms with Crippen LogP contribution in [0.2, 0.25) is 0 Å². The van der Waals surface area contributed by atoms with E-state index in [1.165, 1.54) is 6.42 Å². The number of rotatable bonds is 9. The lowest BCUT2D eigenvalue weighted by molar-refractivity contribution is 0.146. The van der Waals surface area contributed by atoms with Crippen LogP contribution in [0.3, 0.4) is 0 Å². The summed E-state index contributed by atoms with van der Waals surface area (Å²) in [7, 11) is 0. The predicted molar refractivity (Wildman–Crippen MR) is 82.3 cm³/mol. The first-order valence-corrected chi connectivity index (χ1v) is 7.66. The van der Waals surface area contributed by atoms with Crippen LogP contribution < -0.4 is 5.32 Å². The van der Waals surface area contributed by atoms with Crippen LogP contribution in [-0.2, 0) is 9.47 Å². The molecule has 0 aromatic rings. The molecule has 1 aliphatic carbocycles. The van der Waals surface area contributed by atoms with Gasteiger partial charge in [-0.05, 0) is 37.8 Å². The van der Waals surface area contributed by atoms with Crippen LogP contribution in [-0.4, -0.2) is 32.9 Å². The number of allylic oxidation sites excluding steroid dienone is 3. The summed E-state index contributed by atoms with van der Waals surface area (Å²) in [5, 5.41) is 3.28. The van der Waals surface area contributed by atoms with Crippen molar-refractivity contribution in [3.63, 3.8) is 0 Å². The van der Waals surface area contributed by atoms with Crippen LogP contribution in [0.15, 0.2) is 24.0 Å². The highest BCUT2D eigenvalue weighted by Gasteiger charge is 2.06. The Kier molecular flexibility index (Phi) is 13.1. The van der Waals surface area contributed by atoms with Crippen molar-refractivity contribution < 1.29 is 9.47 Å². The second-order valence-corrected chi connectivity index (χ2v) is 4.17. The van der Waals surface area contributed by atoms with Crippen LogP contribution in [0.25, 0.3) is 0 Å². The van der Waals surface area contributed by atoms with E-state index in [-0.39, 0.29) is 0 Å². The molecule has 3 nitrogen and oxygen atoms in total. The summed E-state index contributed by atoms with van der Waals surface area (Å²) in [6.07, 6.45) is 8.85. The minimum Gasteiger partial charge on any atom is -0.493 e. The quantitative estimate of drug-likeness (QED) is 0.650. The van der Waals surface area contributed by atoms with Crippen LogP contribution >= 0.6 is 0 Å². The number of nitrogens with one attached hydrogen (secondary N) is 1. The highest BCUT2D eigenvalue weighted by atomic mass is 16.5. The van der Waals surface area contributed by atoms with Crippen LogP contribution in [0, 0.1) is 5.92 Å². The first kappa shape index (κ1) is 18.2. The Morgan fingerprint density at radius 3 is 2.53 bits per heavy atom. The Labute approximate surface area is 119 Å². The molecule has 0 saturated carbocycles. The molecule has 1 aliphatic rings. The van der Waals surface area contributed by atoms with Gasteiger partial charge in [0.25, 0.3) is 0 Å². The van der Waals surface area contributed by atoms with E-state index < -0.39 is 0 Å². The fourth-order valence-electron chi connectivity index (χ4n) is 1.71. The predicted octanol–water partition coefficient (Wildman–Crippen LogP) is 3.53. The van der Waals surface area contributed by atoms with Gasteiger partial charge in [0.2, 0.25) is 0 Å². The smallest absolute Gasteiger partial charge is 0.115 e. The summed E-state index contributed by atoms with van der Waals surface area (Å²) in [5.74, 6) is 1.72. The minimum atomic E-state index is 0.701. The molecule has 0 fully saturated rings. The van der Waals surface area contributed by atoms with E-state index >= 15 is 0 Å². The van der Waals surface area contributed by atoms with E-state index in [9.17, 15) is 0 Å². The first-order valence-electron chi connectivity index (χ1n) is 7.66. The van der Waals surface area contributed by atoms with Gasteiger partial charge in [0.1, 0.15) is 12.4 Å². The molecule has 0 aromatic heterocycles. The van der Waals surface area contributed by atoms with Gasteiger partial charge < -0.3 is 14.8 Å². The molecule has 1 unspecified atom stereocenters. The minimum absolute atomic E-state index is 0.701. The molecule has 0 amide bonds. The maximum absolute atomic E-state index is 5.65. The third kappa shape index (κ3) is 9.74.